The van der Waals surface area contributed by atoms with Gasteiger partial charge in [-0.15, -0.1) is 5.10 Å². The summed E-state index contributed by atoms with van der Waals surface area (Å²) in [6.07, 6.45) is 3.26. The minimum atomic E-state index is -0.522. The molecule has 0 saturated heterocycles. The van der Waals surface area contributed by atoms with Crippen LogP contribution in [-0.4, -0.2) is 14.8 Å². The second kappa shape index (κ2) is 7.70. The lowest BCUT2D eigenvalue weighted by molar-refractivity contribution is 0.301. The zero-order chi connectivity index (χ0) is 18.5. The minimum absolute atomic E-state index is 0.246. The highest BCUT2D eigenvalue weighted by Gasteiger charge is 2.13. The van der Waals surface area contributed by atoms with Crippen molar-refractivity contribution in [3.63, 3.8) is 0 Å². The van der Waals surface area contributed by atoms with Crippen LogP contribution in [0.2, 0.25) is 0 Å². The van der Waals surface area contributed by atoms with Crippen LogP contribution >= 0.6 is 0 Å². The van der Waals surface area contributed by atoms with Crippen molar-refractivity contribution < 1.29 is 9.15 Å². The Labute approximate surface area is 155 Å². The van der Waals surface area contributed by atoms with Crippen LogP contribution in [-0.2, 0) is 13.2 Å². The van der Waals surface area contributed by atoms with Gasteiger partial charge in [-0.1, -0.05) is 48.5 Å². The summed E-state index contributed by atoms with van der Waals surface area (Å²) in [7, 11) is 0. The molecule has 0 saturated carbocycles. The molecular weight excluding hydrogens is 342 g/mol. The fourth-order valence-electron chi connectivity index (χ4n) is 2.68. The molecule has 6 heteroatoms. The largest absolute Gasteiger partial charge is 0.489 e. The molecule has 0 bridgehead atoms. The van der Waals surface area contributed by atoms with Gasteiger partial charge in [0.1, 0.15) is 12.4 Å². The average Bonchev–Trinajstić information content (AvgIpc) is 3.09. The van der Waals surface area contributed by atoms with E-state index in [0.717, 1.165) is 11.1 Å². The van der Waals surface area contributed by atoms with E-state index in [-0.39, 0.29) is 12.4 Å². The van der Waals surface area contributed by atoms with Crippen molar-refractivity contribution in [3.05, 3.63) is 101 Å². The Morgan fingerprint density at radius 2 is 1.78 bits per heavy atom. The van der Waals surface area contributed by atoms with Crippen molar-refractivity contribution in [2.75, 3.05) is 0 Å². The van der Waals surface area contributed by atoms with Gasteiger partial charge in [0.25, 0.3) is 5.89 Å². The first kappa shape index (κ1) is 16.8. The van der Waals surface area contributed by atoms with E-state index in [1.807, 2.05) is 54.6 Å². The van der Waals surface area contributed by atoms with E-state index in [2.05, 4.69) is 10.1 Å². The van der Waals surface area contributed by atoms with Crippen molar-refractivity contribution in [1.29, 1.82) is 0 Å². The number of nitrogens with zero attached hydrogens (tertiary/aromatic N) is 3. The number of hydrogen-bond donors (Lipinski definition) is 0. The van der Waals surface area contributed by atoms with Crippen molar-refractivity contribution in [3.8, 4) is 17.2 Å². The molecule has 0 aliphatic rings. The Morgan fingerprint density at radius 3 is 2.59 bits per heavy atom. The Hall–Kier alpha value is -3.67. The fraction of sp³-hybridized carbons (Fsp3) is 0.0952. The SMILES string of the molecule is O=c1oc(-c2cccnc2)nn1Cc1ccccc1OCc1ccccc1. The highest BCUT2D eigenvalue weighted by Crippen LogP contribution is 2.21. The number of para-hydroxylation sites is 1. The molecule has 134 valence electrons. The lowest BCUT2D eigenvalue weighted by Gasteiger charge is -2.11. The van der Waals surface area contributed by atoms with E-state index in [1.54, 1.807) is 24.5 Å². The van der Waals surface area contributed by atoms with Gasteiger partial charge in [-0.3, -0.25) is 4.98 Å². The predicted octanol–water partition coefficient (Wildman–Crippen LogP) is 3.53. The molecule has 0 spiro atoms. The minimum Gasteiger partial charge on any atom is -0.489 e. The van der Waals surface area contributed by atoms with E-state index >= 15 is 0 Å². The maximum absolute atomic E-state index is 12.2. The van der Waals surface area contributed by atoms with Crippen molar-refractivity contribution in [2.45, 2.75) is 13.2 Å². The maximum atomic E-state index is 12.2. The van der Waals surface area contributed by atoms with Gasteiger partial charge in [0.2, 0.25) is 0 Å². The van der Waals surface area contributed by atoms with Crippen molar-refractivity contribution in [2.24, 2.45) is 0 Å². The molecule has 2 heterocycles. The number of benzene rings is 2. The Morgan fingerprint density at radius 1 is 0.963 bits per heavy atom. The molecule has 0 aliphatic carbocycles. The molecule has 0 N–H and O–H groups in total. The van der Waals surface area contributed by atoms with Crippen LogP contribution in [0, 0.1) is 0 Å². The zero-order valence-corrected chi connectivity index (χ0v) is 14.5. The van der Waals surface area contributed by atoms with Crippen LogP contribution in [0.3, 0.4) is 0 Å². The van der Waals surface area contributed by atoms with Gasteiger partial charge >= 0.3 is 5.76 Å². The molecule has 0 amide bonds. The van der Waals surface area contributed by atoms with Crippen LogP contribution in [0.5, 0.6) is 5.75 Å². The van der Waals surface area contributed by atoms with Crippen LogP contribution in [0.25, 0.3) is 11.5 Å². The summed E-state index contributed by atoms with van der Waals surface area (Å²) >= 11 is 0. The van der Waals surface area contributed by atoms with Gasteiger partial charge in [-0.05, 0) is 23.8 Å². The standard InChI is InChI=1S/C21H17N3O3/c25-21-24(23-20(27-21)17-10-6-12-22-13-17)14-18-9-4-5-11-19(18)26-15-16-7-2-1-3-8-16/h1-13H,14-15H2. The summed E-state index contributed by atoms with van der Waals surface area (Å²) in [6.45, 7) is 0.708. The second-order valence-corrected chi connectivity index (χ2v) is 5.95. The molecule has 27 heavy (non-hydrogen) atoms. The third-order valence-corrected chi connectivity index (χ3v) is 4.04. The molecule has 0 aliphatic heterocycles. The average molecular weight is 359 g/mol. The third kappa shape index (κ3) is 3.95. The Kier molecular flexibility index (Phi) is 4.78. The first-order valence-electron chi connectivity index (χ1n) is 8.52. The van der Waals surface area contributed by atoms with Crippen LogP contribution < -0.4 is 10.5 Å². The first-order chi connectivity index (χ1) is 13.3. The normalized spacial score (nSPS) is 10.7. The van der Waals surface area contributed by atoms with Crippen LogP contribution in [0.4, 0.5) is 0 Å². The van der Waals surface area contributed by atoms with E-state index in [1.165, 1.54) is 4.68 Å². The molecule has 0 atom stereocenters. The molecule has 2 aromatic carbocycles. The summed E-state index contributed by atoms with van der Waals surface area (Å²) in [5.41, 5.74) is 2.58. The molecule has 0 unspecified atom stereocenters. The van der Waals surface area contributed by atoms with Crippen molar-refractivity contribution in [1.82, 2.24) is 14.8 Å². The number of ether oxygens (including phenoxy) is 1. The van der Waals surface area contributed by atoms with E-state index in [0.29, 0.717) is 17.9 Å². The molecule has 4 rings (SSSR count). The number of rotatable bonds is 6. The van der Waals surface area contributed by atoms with Crippen LogP contribution in [0.15, 0.2) is 88.3 Å². The molecule has 0 radical (unpaired) electrons. The molecule has 0 fully saturated rings. The summed E-state index contributed by atoms with van der Waals surface area (Å²) in [6, 6.07) is 21.1. The third-order valence-electron chi connectivity index (χ3n) is 4.04. The summed E-state index contributed by atoms with van der Waals surface area (Å²) in [5, 5.41) is 4.28. The van der Waals surface area contributed by atoms with Gasteiger partial charge in [0.15, 0.2) is 0 Å². The quantitative estimate of drug-likeness (QED) is 0.527. The lowest BCUT2D eigenvalue weighted by atomic mass is 10.2. The van der Waals surface area contributed by atoms with Crippen LogP contribution in [0.1, 0.15) is 11.1 Å². The molecule has 4 aromatic rings. The summed E-state index contributed by atoms with van der Waals surface area (Å²) < 4.78 is 12.5. The Bertz CT molecular complexity index is 1070. The smallest absolute Gasteiger partial charge is 0.437 e. The Balaban J connectivity index is 1.55. The van der Waals surface area contributed by atoms with E-state index in [4.69, 9.17) is 9.15 Å². The zero-order valence-electron chi connectivity index (χ0n) is 14.5. The van der Waals surface area contributed by atoms with Gasteiger partial charge in [-0.25, -0.2) is 4.79 Å². The number of hydrogen-bond acceptors (Lipinski definition) is 5. The first-order valence-corrected chi connectivity index (χ1v) is 8.52. The fourth-order valence-corrected chi connectivity index (χ4v) is 2.68. The predicted molar refractivity (Wildman–Crippen MR) is 100 cm³/mol. The number of aromatic nitrogens is 3. The highest BCUT2D eigenvalue weighted by molar-refractivity contribution is 5.49. The van der Waals surface area contributed by atoms with E-state index in [9.17, 15) is 4.79 Å². The van der Waals surface area contributed by atoms with Crippen molar-refractivity contribution >= 4 is 0 Å². The molecular formula is C21H17N3O3. The topological polar surface area (TPSA) is 70.2 Å². The monoisotopic (exact) mass is 359 g/mol. The van der Waals surface area contributed by atoms with Gasteiger partial charge in [0, 0.05) is 18.0 Å². The van der Waals surface area contributed by atoms with Gasteiger partial charge < -0.3 is 9.15 Å². The van der Waals surface area contributed by atoms with E-state index < -0.39 is 5.76 Å². The summed E-state index contributed by atoms with van der Waals surface area (Å²) in [5.74, 6) is 0.432. The number of pyridine rings is 1. The van der Waals surface area contributed by atoms with Gasteiger partial charge in [0.05, 0.1) is 12.1 Å². The highest BCUT2D eigenvalue weighted by atomic mass is 16.5. The molecule has 6 nitrogen and oxygen atoms in total. The second-order valence-electron chi connectivity index (χ2n) is 5.95. The maximum Gasteiger partial charge on any atom is 0.437 e. The lowest BCUT2D eigenvalue weighted by Crippen LogP contribution is -2.17. The summed E-state index contributed by atoms with van der Waals surface area (Å²) in [4.78, 5) is 16.2. The molecule has 2 aromatic heterocycles. The van der Waals surface area contributed by atoms with Gasteiger partial charge in [-0.2, -0.15) is 4.68 Å².